The molecule has 9 nitrogen and oxygen atoms in total. The van der Waals surface area contributed by atoms with Crippen LogP contribution in [0.4, 0.5) is 17.5 Å². The topological polar surface area (TPSA) is 119 Å². The van der Waals surface area contributed by atoms with Crippen LogP contribution in [-0.2, 0) is 0 Å². The van der Waals surface area contributed by atoms with Crippen LogP contribution in [0.3, 0.4) is 0 Å². The van der Waals surface area contributed by atoms with E-state index in [-0.39, 0.29) is 5.95 Å². The molecular formula is C25H21N9S. The average Bonchev–Trinajstić information content (AvgIpc) is 3.57. The Morgan fingerprint density at radius 2 is 1.74 bits per heavy atom. The summed E-state index contributed by atoms with van der Waals surface area (Å²) in [4.78, 5) is 8.42. The highest BCUT2D eigenvalue weighted by Gasteiger charge is 2.42. The highest BCUT2D eigenvalue weighted by molar-refractivity contribution is 7.80. The lowest BCUT2D eigenvalue weighted by molar-refractivity contribution is 0.831. The van der Waals surface area contributed by atoms with Crippen molar-refractivity contribution < 1.29 is 0 Å². The summed E-state index contributed by atoms with van der Waals surface area (Å²) in [5, 5.41) is 19.8. The molecule has 6 rings (SSSR count). The molecule has 0 bridgehead atoms. The zero-order valence-corrected chi connectivity index (χ0v) is 19.4. The molecule has 0 saturated heterocycles. The maximum atomic E-state index is 5.78. The van der Waals surface area contributed by atoms with Crippen LogP contribution in [0.25, 0.3) is 17.0 Å². The summed E-state index contributed by atoms with van der Waals surface area (Å²) in [6, 6.07) is 23.9. The Morgan fingerprint density at radius 3 is 2.57 bits per heavy atom. The van der Waals surface area contributed by atoms with Crippen molar-refractivity contribution in [1.82, 2.24) is 29.8 Å². The fraction of sp³-hybridized carbons (Fsp3) is 0.120. The fourth-order valence-electron chi connectivity index (χ4n) is 4.34. The molecule has 4 N–H and O–H groups in total. The Kier molecular flexibility index (Phi) is 5.27. The minimum absolute atomic E-state index is 0.223. The molecule has 0 spiro atoms. The molecule has 2 aromatic carbocycles. The summed E-state index contributed by atoms with van der Waals surface area (Å²) in [5.41, 5.74) is 10.8. The number of para-hydroxylation sites is 1. The van der Waals surface area contributed by atoms with Crippen LogP contribution in [0, 0.1) is 0 Å². The second-order valence-corrected chi connectivity index (χ2v) is 8.74. The standard InChI is InChI=1S/C25H21N9S/c26-23-30-24-27-13-12-21(34(24)33-23)18-14-17(18)16-8-4-5-9-20(16)28-25(35)29-22-11-10-19(31-32-22)15-6-2-1-3-7-15/h1-13,17-18H,14H2,(H2,26,33)(H2,28,29,32,35). The van der Waals surface area contributed by atoms with E-state index in [1.165, 1.54) is 5.56 Å². The zero-order chi connectivity index (χ0) is 23.8. The second-order valence-electron chi connectivity index (χ2n) is 8.34. The molecule has 2 atom stereocenters. The number of hydrogen-bond acceptors (Lipinski definition) is 7. The van der Waals surface area contributed by atoms with Gasteiger partial charge < -0.3 is 16.4 Å². The van der Waals surface area contributed by atoms with Crippen molar-refractivity contribution >= 4 is 40.6 Å². The molecule has 2 unspecified atom stereocenters. The summed E-state index contributed by atoms with van der Waals surface area (Å²) < 4.78 is 1.74. The third-order valence-corrected chi connectivity index (χ3v) is 6.24. The number of anilines is 3. The number of nitrogen functional groups attached to an aromatic ring is 1. The number of hydrogen-bond donors (Lipinski definition) is 3. The van der Waals surface area contributed by atoms with E-state index in [4.69, 9.17) is 18.0 Å². The van der Waals surface area contributed by atoms with E-state index in [0.717, 1.165) is 29.1 Å². The van der Waals surface area contributed by atoms with Crippen molar-refractivity contribution in [2.24, 2.45) is 0 Å². The van der Waals surface area contributed by atoms with Crippen LogP contribution in [0.15, 0.2) is 79.0 Å². The summed E-state index contributed by atoms with van der Waals surface area (Å²) in [6.45, 7) is 0. The van der Waals surface area contributed by atoms with Gasteiger partial charge in [-0.15, -0.1) is 15.3 Å². The predicted molar refractivity (Wildman–Crippen MR) is 139 cm³/mol. The number of nitrogens with zero attached hydrogens (tertiary/aromatic N) is 6. The van der Waals surface area contributed by atoms with Crippen molar-refractivity contribution in [3.05, 3.63) is 90.3 Å². The van der Waals surface area contributed by atoms with Gasteiger partial charge in [0, 0.05) is 23.4 Å². The van der Waals surface area contributed by atoms with Gasteiger partial charge in [0.15, 0.2) is 10.9 Å². The van der Waals surface area contributed by atoms with Crippen LogP contribution in [0.1, 0.15) is 29.5 Å². The second kappa shape index (κ2) is 8.73. The number of nitrogens with one attached hydrogen (secondary N) is 2. The normalized spacial score (nSPS) is 16.7. The van der Waals surface area contributed by atoms with E-state index in [2.05, 4.69) is 42.0 Å². The Morgan fingerprint density at radius 1 is 0.914 bits per heavy atom. The molecule has 1 aliphatic rings. The van der Waals surface area contributed by atoms with E-state index in [1.54, 1.807) is 10.7 Å². The maximum absolute atomic E-state index is 5.78. The van der Waals surface area contributed by atoms with E-state index >= 15 is 0 Å². The molecule has 1 saturated carbocycles. The monoisotopic (exact) mass is 479 g/mol. The number of nitrogens with two attached hydrogens (primary N) is 1. The molecule has 1 aliphatic carbocycles. The van der Waals surface area contributed by atoms with Crippen molar-refractivity contribution in [2.45, 2.75) is 18.3 Å². The smallest absolute Gasteiger partial charge is 0.254 e. The van der Waals surface area contributed by atoms with Gasteiger partial charge in [-0.3, -0.25) is 0 Å². The van der Waals surface area contributed by atoms with Crippen molar-refractivity contribution in [1.29, 1.82) is 0 Å². The van der Waals surface area contributed by atoms with Gasteiger partial charge in [0.1, 0.15) is 0 Å². The first kappa shape index (κ1) is 21.1. The Bertz CT molecular complexity index is 1520. The van der Waals surface area contributed by atoms with E-state index < -0.39 is 0 Å². The fourth-order valence-corrected chi connectivity index (χ4v) is 4.55. The summed E-state index contributed by atoms with van der Waals surface area (Å²) in [5.74, 6) is 1.93. The maximum Gasteiger partial charge on any atom is 0.254 e. The average molecular weight is 480 g/mol. The Balaban J connectivity index is 1.16. The largest absolute Gasteiger partial charge is 0.366 e. The van der Waals surface area contributed by atoms with Gasteiger partial charge in [-0.05, 0) is 54.4 Å². The molecule has 0 amide bonds. The van der Waals surface area contributed by atoms with E-state index in [1.807, 2.05) is 66.7 Å². The number of thiocarbonyl (C=S) groups is 1. The third kappa shape index (κ3) is 4.26. The first-order valence-corrected chi connectivity index (χ1v) is 11.6. The molecular weight excluding hydrogens is 458 g/mol. The van der Waals surface area contributed by atoms with Gasteiger partial charge in [0.25, 0.3) is 5.78 Å². The lowest BCUT2D eigenvalue weighted by Gasteiger charge is -2.14. The van der Waals surface area contributed by atoms with Gasteiger partial charge in [-0.2, -0.15) is 9.50 Å². The lowest BCUT2D eigenvalue weighted by Crippen LogP contribution is -2.20. The Hall–Kier alpha value is -4.44. The van der Waals surface area contributed by atoms with E-state index in [9.17, 15) is 0 Å². The molecule has 3 heterocycles. The number of aromatic nitrogens is 6. The lowest BCUT2D eigenvalue weighted by atomic mass is 10.1. The Labute approximate surface area is 206 Å². The molecule has 0 radical (unpaired) electrons. The molecule has 35 heavy (non-hydrogen) atoms. The first-order valence-electron chi connectivity index (χ1n) is 11.2. The number of benzene rings is 2. The number of fused-ring (bicyclic) bond motifs is 1. The van der Waals surface area contributed by atoms with Crippen LogP contribution in [0.2, 0.25) is 0 Å². The highest BCUT2D eigenvalue weighted by atomic mass is 32.1. The van der Waals surface area contributed by atoms with E-state index in [0.29, 0.717) is 28.5 Å². The summed E-state index contributed by atoms with van der Waals surface area (Å²) in [7, 11) is 0. The predicted octanol–water partition coefficient (Wildman–Crippen LogP) is 4.24. The SMILES string of the molecule is Nc1nc2nccc(C3CC3c3ccccc3NC(=S)Nc3ccc(-c4ccccc4)nn3)n2n1. The highest BCUT2D eigenvalue weighted by Crippen LogP contribution is 2.56. The van der Waals surface area contributed by atoms with Gasteiger partial charge >= 0.3 is 0 Å². The molecule has 3 aromatic heterocycles. The molecule has 10 heteroatoms. The zero-order valence-electron chi connectivity index (χ0n) is 18.5. The summed E-state index contributed by atoms with van der Waals surface area (Å²) in [6.07, 6.45) is 2.74. The van der Waals surface area contributed by atoms with Crippen molar-refractivity contribution in [3.8, 4) is 11.3 Å². The van der Waals surface area contributed by atoms with Crippen LogP contribution in [0.5, 0.6) is 0 Å². The first-order chi connectivity index (χ1) is 17.2. The van der Waals surface area contributed by atoms with Crippen molar-refractivity contribution in [3.63, 3.8) is 0 Å². The van der Waals surface area contributed by atoms with Gasteiger partial charge in [-0.25, -0.2) is 4.98 Å². The number of rotatable bonds is 5. The van der Waals surface area contributed by atoms with Crippen LogP contribution < -0.4 is 16.4 Å². The molecule has 172 valence electrons. The molecule has 1 fully saturated rings. The minimum atomic E-state index is 0.223. The van der Waals surface area contributed by atoms with Crippen molar-refractivity contribution in [2.75, 3.05) is 16.4 Å². The van der Waals surface area contributed by atoms with Gasteiger partial charge in [-0.1, -0.05) is 48.5 Å². The minimum Gasteiger partial charge on any atom is -0.366 e. The van der Waals surface area contributed by atoms with Gasteiger partial charge in [0.2, 0.25) is 5.95 Å². The third-order valence-electron chi connectivity index (χ3n) is 6.04. The van der Waals surface area contributed by atoms with Crippen LogP contribution >= 0.6 is 12.2 Å². The summed E-state index contributed by atoms with van der Waals surface area (Å²) >= 11 is 5.57. The van der Waals surface area contributed by atoms with Gasteiger partial charge in [0.05, 0.1) is 11.4 Å². The molecule has 5 aromatic rings. The van der Waals surface area contributed by atoms with Crippen LogP contribution in [-0.4, -0.2) is 34.9 Å². The quantitative estimate of drug-likeness (QED) is 0.318. The molecule has 0 aliphatic heterocycles.